The highest BCUT2D eigenvalue weighted by molar-refractivity contribution is 7.91. The van der Waals surface area contributed by atoms with Gasteiger partial charge in [-0.2, -0.15) is 0 Å². The van der Waals surface area contributed by atoms with Crippen LogP contribution < -0.4 is 5.56 Å². The van der Waals surface area contributed by atoms with Gasteiger partial charge >= 0.3 is 17.2 Å². The van der Waals surface area contributed by atoms with Gasteiger partial charge in [-0.3, -0.25) is 14.9 Å². The Balaban J connectivity index is 2.72. The van der Waals surface area contributed by atoms with Gasteiger partial charge in [0.25, 0.3) is 0 Å². The molecule has 1 saturated carbocycles. The van der Waals surface area contributed by atoms with Gasteiger partial charge in [-0.1, -0.05) is 6.92 Å². The topological polar surface area (TPSA) is 136 Å². The predicted octanol–water partition coefficient (Wildman–Crippen LogP) is 1.50. The van der Waals surface area contributed by atoms with E-state index in [9.17, 15) is 28.1 Å². The summed E-state index contributed by atoms with van der Waals surface area (Å²) in [6, 6.07) is 0. The quantitative estimate of drug-likeness (QED) is 0.443. The molecule has 1 heterocycles. The van der Waals surface area contributed by atoms with E-state index in [4.69, 9.17) is 4.74 Å². The third kappa shape index (κ3) is 3.64. The predicted molar refractivity (Wildman–Crippen MR) is 83.2 cm³/mol. The van der Waals surface area contributed by atoms with Crippen LogP contribution in [0.4, 0.5) is 5.69 Å². The lowest BCUT2D eigenvalue weighted by atomic mass is 10.2. The molecule has 2 rings (SSSR count). The maximum absolute atomic E-state index is 12.6. The first-order chi connectivity index (χ1) is 11.2. The number of aromatic nitrogens is 1. The van der Waals surface area contributed by atoms with Gasteiger partial charge in [0.2, 0.25) is 0 Å². The Hall–Kier alpha value is -2.23. The summed E-state index contributed by atoms with van der Waals surface area (Å²) in [7, 11) is -4.19. The van der Waals surface area contributed by atoms with Crippen LogP contribution in [-0.2, 0) is 14.6 Å². The molecule has 0 atom stereocenters. The van der Waals surface area contributed by atoms with Gasteiger partial charge in [0.15, 0.2) is 14.7 Å². The number of hydrogen-bond donors (Lipinski definition) is 1. The first kappa shape index (κ1) is 18.1. The fraction of sp³-hybridized carbons (Fsp3) is 0.500. The Morgan fingerprint density at radius 2 is 2.08 bits per heavy atom. The number of nitrogens with zero attached hydrogens (tertiary/aromatic N) is 1. The van der Waals surface area contributed by atoms with Crippen molar-refractivity contribution in [1.82, 2.24) is 4.98 Å². The van der Waals surface area contributed by atoms with E-state index in [1.807, 2.05) is 0 Å². The van der Waals surface area contributed by atoms with Crippen molar-refractivity contribution < 1.29 is 22.9 Å². The number of pyridine rings is 1. The first-order valence-electron chi connectivity index (χ1n) is 7.35. The lowest BCUT2D eigenvalue weighted by Crippen LogP contribution is -2.25. The molecule has 1 aromatic heterocycles. The Labute approximate surface area is 138 Å². The van der Waals surface area contributed by atoms with Crippen molar-refractivity contribution in [1.29, 1.82) is 0 Å². The van der Waals surface area contributed by atoms with E-state index in [1.54, 1.807) is 6.92 Å². The number of hydrogen-bond acceptors (Lipinski definition) is 7. The zero-order chi connectivity index (χ0) is 18.1. The van der Waals surface area contributed by atoms with Gasteiger partial charge in [-0.15, -0.1) is 0 Å². The molecule has 0 unspecified atom stereocenters. The number of aryl methyl sites for hydroxylation is 1. The number of carbonyl (C=O) groups excluding carboxylic acids is 1. The second-order valence-electron chi connectivity index (χ2n) is 5.59. The van der Waals surface area contributed by atoms with Gasteiger partial charge in [0, 0.05) is 5.69 Å². The van der Waals surface area contributed by atoms with Crippen molar-refractivity contribution >= 4 is 21.5 Å². The Bertz CT molecular complexity index is 837. The SMILES string of the molecule is CC[CH]OC(=O)c1c(C)[nH]c(=O)c([N+](=O)[O-])c1S(=O)(=O)CC1CC1. The Kier molecular flexibility index (Phi) is 5.07. The van der Waals surface area contributed by atoms with Crippen LogP contribution in [0.1, 0.15) is 42.2 Å². The summed E-state index contributed by atoms with van der Waals surface area (Å²) in [5.41, 5.74) is -2.89. The van der Waals surface area contributed by atoms with Gasteiger partial charge in [0.05, 0.1) is 10.7 Å². The van der Waals surface area contributed by atoms with Gasteiger partial charge in [-0.05, 0) is 32.1 Å². The number of nitro groups is 1. The molecule has 1 N–H and O–H groups in total. The molecule has 10 heteroatoms. The number of rotatable bonds is 7. The van der Waals surface area contributed by atoms with Crippen molar-refractivity contribution in [2.75, 3.05) is 5.75 Å². The van der Waals surface area contributed by atoms with E-state index in [0.29, 0.717) is 19.3 Å². The summed E-state index contributed by atoms with van der Waals surface area (Å²) in [6.45, 7) is 4.14. The Morgan fingerprint density at radius 1 is 1.46 bits per heavy atom. The number of H-pyrrole nitrogens is 1. The minimum Gasteiger partial charge on any atom is -0.455 e. The molecule has 131 valence electrons. The maximum Gasteiger partial charge on any atom is 0.353 e. The largest absolute Gasteiger partial charge is 0.455 e. The number of aromatic amines is 1. The average molecular weight is 357 g/mol. The molecule has 1 aromatic rings. The van der Waals surface area contributed by atoms with Crippen LogP contribution in [0.15, 0.2) is 9.69 Å². The molecule has 1 fully saturated rings. The molecule has 0 aromatic carbocycles. The van der Waals surface area contributed by atoms with Crippen molar-refractivity contribution in [3.05, 3.63) is 38.3 Å². The second-order valence-corrected chi connectivity index (χ2v) is 7.57. The first-order valence-corrected chi connectivity index (χ1v) is 9.01. The normalized spacial score (nSPS) is 14.4. The molecule has 9 nitrogen and oxygen atoms in total. The monoisotopic (exact) mass is 357 g/mol. The van der Waals surface area contributed by atoms with Crippen LogP contribution in [-0.4, -0.2) is 30.0 Å². The third-order valence-corrected chi connectivity index (χ3v) is 5.47. The molecular formula is C14H17N2O7S. The maximum atomic E-state index is 12.6. The van der Waals surface area contributed by atoms with Gasteiger partial charge < -0.3 is 9.72 Å². The lowest BCUT2D eigenvalue weighted by molar-refractivity contribution is -0.389. The van der Waals surface area contributed by atoms with Crippen LogP contribution in [0.3, 0.4) is 0 Å². The number of ether oxygens (including phenoxy) is 1. The summed E-state index contributed by atoms with van der Waals surface area (Å²) < 4.78 is 30.1. The Morgan fingerprint density at radius 3 is 2.58 bits per heavy atom. The molecular weight excluding hydrogens is 340 g/mol. The highest BCUT2D eigenvalue weighted by atomic mass is 32.2. The summed E-state index contributed by atoms with van der Waals surface area (Å²) in [5.74, 6) is -1.50. The van der Waals surface area contributed by atoms with Crippen molar-refractivity contribution in [2.45, 2.75) is 38.0 Å². The zero-order valence-corrected chi connectivity index (χ0v) is 14.0. The van der Waals surface area contributed by atoms with E-state index in [1.165, 1.54) is 6.92 Å². The smallest absolute Gasteiger partial charge is 0.353 e. The fourth-order valence-corrected chi connectivity index (χ4v) is 4.42. The van der Waals surface area contributed by atoms with E-state index in [-0.39, 0.29) is 17.4 Å². The van der Waals surface area contributed by atoms with Crippen molar-refractivity contribution in [2.24, 2.45) is 5.92 Å². The van der Waals surface area contributed by atoms with E-state index >= 15 is 0 Å². The molecule has 1 aliphatic rings. The zero-order valence-electron chi connectivity index (χ0n) is 13.2. The molecule has 0 saturated heterocycles. The van der Waals surface area contributed by atoms with Crippen LogP contribution in [0.2, 0.25) is 0 Å². The minimum atomic E-state index is -4.19. The van der Waals surface area contributed by atoms with E-state index in [0.717, 1.165) is 6.61 Å². The summed E-state index contributed by atoms with van der Waals surface area (Å²) in [6.07, 6.45) is 1.76. The van der Waals surface area contributed by atoms with Crippen LogP contribution >= 0.6 is 0 Å². The summed E-state index contributed by atoms with van der Waals surface area (Å²) >= 11 is 0. The molecule has 24 heavy (non-hydrogen) atoms. The molecule has 0 bridgehead atoms. The molecule has 0 aliphatic heterocycles. The molecule has 0 amide bonds. The third-order valence-electron chi connectivity index (χ3n) is 3.54. The highest BCUT2D eigenvalue weighted by Crippen LogP contribution is 2.35. The minimum absolute atomic E-state index is 0.0884. The van der Waals surface area contributed by atoms with Crippen molar-refractivity contribution in [3.63, 3.8) is 0 Å². The van der Waals surface area contributed by atoms with Crippen LogP contribution in [0.5, 0.6) is 0 Å². The number of esters is 1. The number of nitrogens with one attached hydrogen (secondary N) is 1. The second kappa shape index (κ2) is 6.71. The van der Waals surface area contributed by atoms with Gasteiger partial charge in [0.1, 0.15) is 12.2 Å². The fourth-order valence-electron chi connectivity index (χ4n) is 2.29. The molecule has 0 spiro atoms. The lowest BCUT2D eigenvalue weighted by Gasteiger charge is -2.12. The van der Waals surface area contributed by atoms with E-state index in [2.05, 4.69) is 4.98 Å². The van der Waals surface area contributed by atoms with E-state index < -0.39 is 42.4 Å². The standard InChI is InChI=1S/C14H17N2O7S/c1-3-6-23-14(18)10-8(2)15-13(17)11(16(19)20)12(10)24(21,22)7-9-4-5-9/h6,9H,3-5,7H2,1-2H3,(H,15,17). The molecule has 1 radical (unpaired) electrons. The van der Waals surface area contributed by atoms with Crippen molar-refractivity contribution in [3.8, 4) is 0 Å². The van der Waals surface area contributed by atoms with Crippen LogP contribution in [0, 0.1) is 29.6 Å². The number of carbonyl (C=O) groups is 1. The molecule has 1 aliphatic carbocycles. The summed E-state index contributed by atoms with van der Waals surface area (Å²) in [5, 5.41) is 11.3. The van der Waals surface area contributed by atoms with Crippen LogP contribution in [0.25, 0.3) is 0 Å². The number of sulfone groups is 1. The summed E-state index contributed by atoms with van der Waals surface area (Å²) in [4.78, 5) is 35.6. The highest BCUT2D eigenvalue weighted by Gasteiger charge is 2.40. The van der Waals surface area contributed by atoms with Gasteiger partial charge in [-0.25, -0.2) is 13.2 Å². The average Bonchev–Trinajstić information content (AvgIpc) is 3.26.